The Morgan fingerprint density at radius 2 is 2.10 bits per heavy atom. The summed E-state index contributed by atoms with van der Waals surface area (Å²) in [5.74, 6) is 2.77. The van der Waals surface area contributed by atoms with Gasteiger partial charge >= 0.3 is 0 Å². The first-order chi connectivity index (χ1) is 9.72. The minimum absolute atomic E-state index is 0.0760. The van der Waals surface area contributed by atoms with Gasteiger partial charge in [-0.3, -0.25) is 0 Å². The summed E-state index contributed by atoms with van der Waals surface area (Å²) in [7, 11) is 1.92. The van der Waals surface area contributed by atoms with Crippen LogP contribution in [-0.4, -0.2) is 43.1 Å². The first-order valence-electron chi connectivity index (χ1n) is 7.44. The van der Waals surface area contributed by atoms with Crippen molar-refractivity contribution >= 4 is 11.8 Å². The Morgan fingerprint density at radius 3 is 2.85 bits per heavy atom. The summed E-state index contributed by atoms with van der Waals surface area (Å²) in [5.41, 5.74) is 0.784. The van der Waals surface area contributed by atoms with E-state index in [2.05, 4.69) is 17.1 Å². The van der Waals surface area contributed by atoms with Crippen LogP contribution in [0.25, 0.3) is 0 Å². The van der Waals surface area contributed by atoms with Crippen molar-refractivity contribution in [2.45, 2.75) is 19.4 Å². The minimum atomic E-state index is -0.106. The average Bonchev–Trinajstić information content (AvgIpc) is 2.70. The Hall–Kier alpha value is -0.580. The van der Waals surface area contributed by atoms with E-state index in [-0.39, 0.29) is 11.9 Å². The summed E-state index contributed by atoms with van der Waals surface area (Å²) in [6.45, 7) is 5.57. The van der Waals surface area contributed by atoms with Crippen molar-refractivity contribution in [2.24, 2.45) is 5.92 Å². The maximum atomic E-state index is 14.0. The summed E-state index contributed by atoms with van der Waals surface area (Å²) in [6, 6.07) is 7.19. The highest BCUT2D eigenvalue weighted by atomic mass is 32.2. The summed E-state index contributed by atoms with van der Waals surface area (Å²) < 4.78 is 14.0. The van der Waals surface area contributed by atoms with Crippen molar-refractivity contribution in [2.75, 3.05) is 38.2 Å². The third-order valence-corrected chi connectivity index (χ3v) is 5.03. The molecule has 1 aliphatic heterocycles. The number of halogens is 1. The lowest BCUT2D eigenvalue weighted by Crippen LogP contribution is -2.36. The Kier molecular flexibility index (Phi) is 6.33. The van der Waals surface area contributed by atoms with Crippen LogP contribution in [0.3, 0.4) is 0 Å². The Balaban J connectivity index is 2.01. The van der Waals surface area contributed by atoms with Crippen LogP contribution in [-0.2, 0) is 0 Å². The zero-order valence-electron chi connectivity index (χ0n) is 12.4. The second-order valence-electron chi connectivity index (χ2n) is 5.53. The predicted molar refractivity (Wildman–Crippen MR) is 85.7 cm³/mol. The lowest BCUT2D eigenvalue weighted by Gasteiger charge is -2.30. The van der Waals surface area contributed by atoms with E-state index in [4.69, 9.17) is 0 Å². The van der Waals surface area contributed by atoms with Gasteiger partial charge < -0.3 is 10.2 Å². The van der Waals surface area contributed by atoms with Gasteiger partial charge in [-0.1, -0.05) is 25.1 Å². The van der Waals surface area contributed by atoms with Crippen LogP contribution in [0.4, 0.5) is 4.39 Å². The van der Waals surface area contributed by atoms with E-state index in [0.29, 0.717) is 5.92 Å². The largest absolute Gasteiger partial charge is 0.313 e. The SMILES string of the molecule is CNC(c1ccccc1F)C(C)CN1CCCSCC1. The molecule has 1 aromatic rings. The Morgan fingerprint density at radius 1 is 1.30 bits per heavy atom. The lowest BCUT2D eigenvalue weighted by atomic mass is 9.93. The van der Waals surface area contributed by atoms with Gasteiger partial charge in [0.15, 0.2) is 0 Å². The molecule has 20 heavy (non-hydrogen) atoms. The molecule has 2 unspecified atom stereocenters. The third-order valence-electron chi connectivity index (χ3n) is 3.98. The van der Waals surface area contributed by atoms with Gasteiger partial charge in [0.2, 0.25) is 0 Å². The van der Waals surface area contributed by atoms with Gasteiger partial charge in [0, 0.05) is 30.4 Å². The molecule has 1 heterocycles. The lowest BCUT2D eigenvalue weighted by molar-refractivity contribution is 0.225. The highest BCUT2D eigenvalue weighted by Crippen LogP contribution is 2.25. The van der Waals surface area contributed by atoms with E-state index >= 15 is 0 Å². The summed E-state index contributed by atoms with van der Waals surface area (Å²) in [5, 5.41) is 3.29. The molecule has 2 rings (SSSR count). The standard InChI is InChI=1S/C16H25FN2S/c1-13(12-19-8-5-10-20-11-9-19)16(18-2)14-6-3-4-7-15(14)17/h3-4,6-7,13,16,18H,5,8-12H2,1-2H3. The molecular formula is C16H25FN2S. The molecule has 1 aliphatic rings. The smallest absolute Gasteiger partial charge is 0.127 e. The van der Waals surface area contributed by atoms with Crippen molar-refractivity contribution in [1.29, 1.82) is 0 Å². The molecule has 0 amide bonds. The first kappa shape index (κ1) is 15.8. The monoisotopic (exact) mass is 296 g/mol. The highest BCUT2D eigenvalue weighted by Gasteiger charge is 2.23. The van der Waals surface area contributed by atoms with Crippen LogP contribution >= 0.6 is 11.8 Å². The second kappa shape index (κ2) is 8.01. The van der Waals surface area contributed by atoms with Crippen molar-refractivity contribution in [3.8, 4) is 0 Å². The quantitative estimate of drug-likeness (QED) is 0.898. The Bertz CT molecular complexity index is 405. The second-order valence-corrected chi connectivity index (χ2v) is 6.76. The molecule has 2 atom stereocenters. The van der Waals surface area contributed by atoms with Crippen molar-refractivity contribution in [1.82, 2.24) is 10.2 Å². The van der Waals surface area contributed by atoms with E-state index in [1.54, 1.807) is 12.1 Å². The van der Waals surface area contributed by atoms with Crippen LogP contribution in [0.2, 0.25) is 0 Å². The molecule has 4 heteroatoms. The Labute approximate surface area is 126 Å². The summed E-state index contributed by atoms with van der Waals surface area (Å²) in [6.07, 6.45) is 1.27. The number of hydrogen-bond donors (Lipinski definition) is 1. The number of benzene rings is 1. The zero-order chi connectivity index (χ0) is 14.4. The van der Waals surface area contributed by atoms with Gasteiger partial charge in [0.05, 0.1) is 0 Å². The van der Waals surface area contributed by atoms with E-state index < -0.39 is 0 Å². The molecular weight excluding hydrogens is 271 g/mol. The normalized spacial score (nSPS) is 20.4. The predicted octanol–water partition coefficient (Wildman–Crippen LogP) is 3.16. The first-order valence-corrected chi connectivity index (χ1v) is 8.59. The molecule has 0 aliphatic carbocycles. The number of nitrogens with zero attached hydrogens (tertiary/aromatic N) is 1. The van der Waals surface area contributed by atoms with E-state index in [9.17, 15) is 4.39 Å². The van der Waals surface area contributed by atoms with Gasteiger partial charge in [-0.15, -0.1) is 0 Å². The summed E-state index contributed by atoms with van der Waals surface area (Å²) in [4.78, 5) is 2.52. The molecule has 2 nitrogen and oxygen atoms in total. The van der Waals surface area contributed by atoms with Crippen LogP contribution in [0.1, 0.15) is 24.9 Å². The fourth-order valence-corrected chi connectivity index (χ4v) is 3.89. The number of thioether (sulfide) groups is 1. The number of rotatable bonds is 5. The van der Waals surface area contributed by atoms with Crippen molar-refractivity contribution in [3.05, 3.63) is 35.6 Å². The molecule has 1 fully saturated rings. The summed E-state index contributed by atoms with van der Waals surface area (Å²) >= 11 is 2.04. The van der Waals surface area contributed by atoms with Gasteiger partial charge in [0.25, 0.3) is 0 Å². The molecule has 0 saturated carbocycles. The van der Waals surface area contributed by atoms with E-state index in [1.807, 2.05) is 30.9 Å². The van der Waals surface area contributed by atoms with Gasteiger partial charge in [0.1, 0.15) is 5.82 Å². The van der Waals surface area contributed by atoms with E-state index in [0.717, 1.165) is 18.7 Å². The van der Waals surface area contributed by atoms with Crippen molar-refractivity contribution in [3.63, 3.8) is 0 Å². The van der Waals surface area contributed by atoms with Crippen LogP contribution < -0.4 is 5.32 Å². The maximum absolute atomic E-state index is 14.0. The van der Waals surface area contributed by atoms with Crippen LogP contribution in [0.5, 0.6) is 0 Å². The average molecular weight is 296 g/mol. The molecule has 1 saturated heterocycles. The van der Waals surface area contributed by atoms with Crippen LogP contribution in [0.15, 0.2) is 24.3 Å². The third kappa shape index (κ3) is 4.21. The minimum Gasteiger partial charge on any atom is -0.313 e. The topological polar surface area (TPSA) is 15.3 Å². The van der Waals surface area contributed by atoms with Crippen molar-refractivity contribution < 1.29 is 4.39 Å². The zero-order valence-corrected chi connectivity index (χ0v) is 13.3. The van der Waals surface area contributed by atoms with Crippen LogP contribution in [0, 0.1) is 11.7 Å². The van der Waals surface area contributed by atoms with Gasteiger partial charge in [-0.05, 0) is 37.8 Å². The number of hydrogen-bond acceptors (Lipinski definition) is 3. The van der Waals surface area contributed by atoms with Gasteiger partial charge in [-0.25, -0.2) is 4.39 Å². The molecule has 112 valence electrons. The fraction of sp³-hybridized carbons (Fsp3) is 0.625. The highest BCUT2D eigenvalue weighted by molar-refractivity contribution is 7.99. The van der Waals surface area contributed by atoms with E-state index in [1.165, 1.54) is 24.5 Å². The molecule has 0 radical (unpaired) electrons. The number of nitrogens with one attached hydrogen (secondary N) is 1. The van der Waals surface area contributed by atoms with Gasteiger partial charge in [-0.2, -0.15) is 11.8 Å². The molecule has 0 spiro atoms. The molecule has 0 bridgehead atoms. The molecule has 1 N–H and O–H groups in total. The molecule has 0 aromatic heterocycles. The maximum Gasteiger partial charge on any atom is 0.127 e. The fourth-order valence-electron chi connectivity index (χ4n) is 2.97. The molecule has 1 aromatic carbocycles.